The first-order chi connectivity index (χ1) is 13.6. The summed E-state index contributed by atoms with van der Waals surface area (Å²) in [6.45, 7) is 6.11. The average Bonchev–Trinajstić information content (AvgIpc) is 3.28. The number of hydrogen-bond donors (Lipinski definition) is 1. The minimum Gasteiger partial charge on any atom is -0.357 e. The fourth-order valence-electron chi connectivity index (χ4n) is 3.88. The molecule has 1 N–H and O–H groups in total. The molecular weight excluding hydrogens is 370 g/mol. The van der Waals surface area contributed by atoms with Crippen molar-refractivity contribution in [3.63, 3.8) is 0 Å². The second kappa shape index (κ2) is 6.81. The maximum atomic E-state index is 12.9. The van der Waals surface area contributed by atoms with Crippen LogP contribution in [0.3, 0.4) is 0 Å². The Hall–Kier alpha value is -2.54. The van der Waals surface area contributed by atoms with Gasteiger partial charge in [-0.3, -0.25) is 4.79 Å². The van der Waals surface area contributed by atoms with Gasteiger partial charge in [0.2, 0.25) is 0 Å². The topological polar surface area (TPSA) is 71.0 Å². The van der Waals surface area contributed by atoms with E-state index in [1.807, 2.05) is 26.0 Å². The summed E-state index contributed by atoms with van der Waals surface area (Å²) in [5.41, 5.74) is 2.64. The van der Waals surface area contributed by atoms with Crippen LogP contribution in [0.15, 0.2) is 18.3 Å². The molecule has 2 fully saturated rings. The van der Waals surface area contributed by atoms with Gasteiger partial charge in [0.25, 0.3) is 5.91 Å². The Bertz CT molecular complexity index is 1050. The number of anilines is 2. The summed E-state index contributed by atoms with van der Waals surface area (Å²) in [6, 6.07) is 3.91. The van der Waals surface area contributed by atoms with E-state index in [-0.39, 0.29) is 5.91 Å². The van der Waals surface area contributed by atoms with Gasteiger partial charge in [0.15, 0.2) is 0 Å². The van der Waals surface area contributed by atoms with E-state index >= 15 is 0 Å². The summed E-state index contributed by atoms with van der Waals surface area (Å²) >= 11 is 1.46. The van der Waals surface area contributed by atoms with Gasteiger partial charge < -0.3 is 10.2 Å². The van der Waals surface area contributed by atoms with Crippen LogP contribution in [0.4, 0.5) is 11.5 Å². The number of amides is 1. The van der Waals surface area contributed by atoms with E-state index in [0.29, 0.717) is 16.5 Å². The van der Waals surface area contributed by atoms with E-state index in [9.17, 15) is 4.79 Å². The van der Waals surface area contributed by atoms with E-state index < -0.39 is 0 Å². The van der Waals surface area contributed by atoms with Gasteiger partial charge in [0.05, 0.1) is 22.5 Å². The number of hydrogen-bond acceptors (Lipinski definition) is 6. The van der Waals surface area contributed by atoms with Crippen molar-refractivity contribution < 1.29 is 4.79 Å². The molecule has 0 atom stereocenters. The number of fused-ring (bicyclic) bond motifs is 1. The Balaban J connectivity index is 1.39. The second-order valence-corrected chi connectivity index (χ2v) is 8.73. The molecule has 2 aliphatic rings. The normalized spacial score (nSPS) is 16.7. The molecule has 0 unspecified atom stereocenters. The molecule has 0 spiro atoms. The first kappa shape index (κ1) is 17.6. The number of carbonyl (C=O) groups excluding carboxylic acids is 1. The number of carbonyl (C=O) groups is 1. The molecule has 1 aliphatic carbocycles. The summed E-state index contributed by atoms with van der Waals surface area (Å²) in [4.78, 5) is 30.7. The lowest BCUT2D eigenvalue weighted by Gasteiger charge is -2.16. The zero-order chi connectivity index (χ0) is 19.3. The summed E-state index contributed by atoms with van der Waals surface area (Å²) < 4.78 is 0. The standard InChI is InChI=1S/C21H23N5OS/c1-12-17-13(2)23-19(14-5-6-14)25-21(17)28-18(12)20(27)24-15-7-8-16(22-11-15)26-9-3-4-10-26/h7-8,11,14H,3-6,9-10H2,1-2H3,(H,24,27). The van der Waals surface area contributed by atoms with Crippen LogP contribution in [0.1, 0.15) is 58.4 Å². The monoisotopic (exact) mass is 393 g/mol. The van der Waals surface area contributed by atoms with E-state index in [4.69, 9.17) is 4.98 Å². The van der Waals surface area contributed by atoms with Crippen molar-refractivity contribution in [1.29, 1.82) is 0 Å². The smallest absolute Gasteiger partial charge is 0.266 e. The fraction of sp³-hybridized carbons (Fsp3) is 0.429. The van der Waals surface area contributed by atoms with Crippen molar-refractivity contribution in [2.45, 2.75) is 45.4 Å². The third kappa shape index (κ3) is 3.13. The Morgan fingerprint density at radius 1 is 1.18 bits per heavy atom. The van der Waals surface area contributed by atoms with E-state index in [1.165, 1.54) is 37.0 Å². The number of nitrogens with one attached hydrogen (secondary N) is 1. The highest BCUT2D eigenvalue weighted by molar-refractivity contribution is 7.20. The first-order valence-electron chi connectivity index (χ1n) is 9.90. The van der Waals surface area contributed by atoms with E-state index in [0.717, 1.165) is 46.2 Å². The Morgan fingerprint density at radius 2 is 1.96 bits per heavy atom. The Labute approximate surface area is 168 Å². The molecule has 28 heavy (non-hydrogen) atoms. The van der Waals surface area contributed by atoms with Crippen LogP contribution < -0.4 is 10.2 Å². The van der Waals surface area contributed by atoms with Crippen LogP contribution in [0.2, 0.25) is 0 Å². The van der Waals surface area contributed by atoms with Crippen LogP contribution in [0.5, 0.6) is 0 Å². The maximum absolute atomic E-state index is 12.9. The highest BCUT2D eigenvalue weighted by atomic mass is 32.1. The molecule has 1 amide bonds. The van der Waals surface area contributed by atoms with Gasteiger partial charge in [-0.25, -0.2) is 15.0 Å². The molecule has 0 aromatic carbocycles. The Morgan fingerprint density at radius 3 is 2.64 bits per heavy atom. The molecule has 0 bridgehead atoms. The summed E-state index contributed by atoms with van der Waals surface area (Å²) in [5.74, 6) is 2.30. The largest absolute Gasteiger partial charge is 0.357 e. The molecule has 7 heteroatoms. The van der Waals surface area contributed by atoms with Gasteiger partial charge >= 0.3 is 0 Å². The van der Waals surface area contributed by atoms with Crippen molar-refractivity contribution in [3.8, 4) is 0 Å². The lowest BCUT2D eigenvalue weighted by molar-refractivity contribution is 0.103. The zero-order valence-electron chi connectivity index (χ0n) is 16.2. The molecule has 1 aliphatic heterocycles. The third-order valence-corrected chi connectivity index (χ3v) is 6.76. The van der Waals surface area contributed by atoms with Gasteiger partial charge in [0, 0.05) is 24.4 Å². The van der Waals surface area contributed by atoms with Crippen LogP contribution in [-0.2, 0) is 0 Å². The highest BCUT2D eigenvalue weighted by Gasteiger charge is 2.28. The maximum Gasteiger partial charge on any atom is 0.266 e. The summed E-state index contributed by atoms with van der Waals surface area (Å²) in [7, 11) is 0. The molecule has 4 heterocycles. The van der Waals surface area contributed by atoms with Gasteiger partial charge in [-0.15, -0.1) is 11.3 Å². The minimum atomic E-state index is -0.108. The Kier molecular flexibility index (Phi) is 4.27. The number of nitrogens with zero attached hydrogens (tertiary/aromatic N) is 4. The van der Waals surface area contributed by atoms with Crippen LogP contribution in [-0.4, -0.2) is 33.9 Å². The van der Waals surface area contributed by atoms with Gasteiger partial charge in [-0.2, -0.15) is 0 Å². The van der Waals surface area contributed by atoms with Crippen molar-refractivity contribution in [1.82, 2.24) is 15.0 Å². The van der Waals surface area contributed by atoms with Crippen molar-refractivity contribution in [2.75, 3.05) is 23.3 Å². The molecular formula is C21H23N5OS. The molecule has 1 saturated carbocycles. The predicted molar refractivity (Wildman–Crippen MR) is 113 cm³/mol. The van der Waals surface area contributed by atoms with Crippen molar-refractivity contribution >= 4 is 39.0 Å². The number of aromatic nitrogens is 3. The fourth-order valence-corrected chi connectivity index (χ4v) is 5.02. The lowest BCUT2D eigenvalue weighted by Crippen LogP contribution is -2.19. The average molecular weight is 394 g/mol. The molecule has 5 rings (SSSR count). The molecule has 1 saturated heterocycles. The first-order valence-corrected chi connectivity index (χ1v) is 10.7. The quantitative estimate of drug-likeness (QED) is 0.710. The molecule has 3 aromatic heterocycles. The molecule has 144 valence electrons. The third-order valence-electron chi connectivity index (χ3n) is 5.57. The van der Waals surface area contributed by atoms with E-state index in [1.54, 1.807) is 6.20 Å². The van der Waals surface area contributed by atoms with Crippen LogP contribution >= 0.6 is 11.3 Å². The van der Waals surface area contributed by atoms with E-state index in [2.05, 4.69) is 20.2 Å². The molecule has 6 nitrogen and oxygen atoms in total. The minimum absolute atomic E-state index is 0.108. The van der Waals surface area contributed by atoms with Crippen LogP contribution in [0, 0.1) is 13.8 Å². The van der Waals surface area contributed by atoms with Crippen molar-refractivity contribution in [2.24, 2.45) is 0 Å². The van der Waals surface area contributed by atoms with Gasteiger partial charge in [-0.1, -0.05) is 0 Å². The molecule has 3 aromatic rings. The second-order valence-electron chi connectivity index (χ2n) is 7.73. The van der Waals surface area contributed by atoms with Gasteiger partial charge in [-0.05, 0) is 57.2 Å². The predicted octanol–water partition coefficient (Wildman–Crippen LogP) is 4.43. The number of rotatable bonds is 4. The summed E-state index contributed by atoms with van der Waals surface area (Å²) in [6.07, 6.45) is 6.52. The highest BCUT2D eigenvalue weighted by Crippen LogP contribution is 2.40. The van der Waals surface area contributed by atoms with Crippen molar-refractivity contribution in [3.05, 3.63) is 40.3 Å². The SMILES string of the molecule is Cc1nc(C2CC2)nc2sc(C(=O)Nc3ccc(N4CCCC4)nc3)c(C)c12. The van der Waals surface area contributed by atoms with Gasteiger partial charge in [0.1, 0.15) is 16.5 Å². The lowest BCUT2D eigenvalue weighted by atomic mass is 10.1. The summed E-state index contributed by atoms with van der Waals surface area (Å²) in [5, 5.41) is 4.01. The molecule has 0 radical (unpaired) electrons. The van der Waals surface area contributed by atoms with Crippen LogP contribution in [0.25, 0.3) is 10.2 Å². The number of pyridine rings is 1. The number of thiophene rings is 1. The zero-order valence-corrected chi connectivity index (χ0v) is 17.0. The number of aryl methyl sites for hydroxylation is 2.